The number of ether oxygens (including phenoxy) is 2. The second-order valence-electron chi connectivity index (χ2n) is 9.57. The molecule has 1 aromatic heterocycles. The van der Waals surface area contributed by atoms with Gasteiger partial charge < -0.3 is 50.5 Å². The average molecular weight is 590 g/mol. The minimum atomic E-state index is -3.80. The first kappa shape index (κ1) is 30.6. The second kappa shape index (κ2) is 11.7. The molecule has 1 aliphatic heterocycles. The van der Waals surface area contributed by atoms with Crippen LogP contribution in [0.3, 0.4) is 0 Å². The highest BCUT2D eigenvalue weighted by Crippen LogP contribution is 2.35. The molecule has 212 valence electrons. The van der Waals surface area contributed by atoms with Crippen molar-refractivity contribution in [2.24, 2.45) is 0 Å². The van der Waals surface area contributed by atoms with Gasteiger partial charge >= 0.3 is 0 Å². The first-order chi connectivity index (χ1) is 17.2. The molecule has 0 radical (unpaired) electrons. The van der Waals surface area contributed by atoms with Gasteiger partial charge in [-0.15, -0.1) is 11.3 Å². The molecule has 13 nitrogen and oxygen atoms in total. The number of halogens is 1. The van der Waals surface area contributed by atoms with Crippen molar-refractivity contribution in [1.82, 2.24) is 5.32 Å². The predicted molar refractivity (Wildman–Crippen MR) is 129 cm³/mol. The number of aliphatic hydroxyl groups excluding tert-OH is 6. The molecule has 2 fully saturated rings. The summed E-state index contributed by atoms with van der Waals surface area (Å²) in [6.07, 6.45) is -11.5. The van der Waals surface area contributed by atoms with Crippen LogP contribution >= 0.6 is 22.9 Å². The van der Waals surface area contributed by atoms with E-state index in [1.807, 2.05) is 0 Å². The zero-order valence-corrected chi connectivity index (χ0v) is 22.4. The van der Waals surface area contributed by atoms with Gasteiger partial charge in [-0.1, -0.05) is 11.6 Å². The van der Waals surface area contributed by atoms with Crippen molar-refractivity contribution in [2.45, 2.75) is 91.4 Å². The van der Waals surface area contributed by atoms with Crippen LogP contribution in [0.2, 0.25) is 5.02 Å². The Hall–Kier alpha value is -0.950. The summed E-state index contributed by atoms with van der Waals surface area (Å²) in [4.78, 5) is 12.6. The number of amides is 1. The number of rotatable bonds is 8. The Labute approximate surface area is 222 Å². The van der Waals surface area contributed by atoms with Crippen LogP contribution < -0.4 is 5.32 Å². The molecule has 1 saturated heterocycles. The summed E-state index contributed by atoms with van der Waals surface area (Å²) in [6, 6.07) is -1.53. The monoisotopic (exact) mass is 589 g/mol. The maximum Gasteiger partial charge on any atom is 0.263 e. The lowest BCUT2D eigenvalue weighted by Crippen LogP contribution is -2.66. The molecule has 0 spiro atoms. The van der Waals surface area contributed by atoms with Gasteiger partial charge in [0.1, 0.15) is 35.3 Å². The topological polar surface area (TPSA) is 223 Å². The summed E-state index contributed by atoms with van der Waals surface area (Å²) in [5.41, 5.74) is -1.80. The van der Waals surface area contributed by atoms with Gasteiger partial charge in [-0.3, -0.25) is 4.79 Å². The molecule has 0 aromatic carbocycles. The zero-order valence-electron chi connectivity index (χ0n) is 20.0. The molecule has 8 N–H and O–H groups in total. The van der Waals surface area contributed by atoms with E-state index in [1.165, 1.54) is 19.2 Å². The highest BCUT2D eigenvalue weighted by molar-refractivity contribution is 7.92. The normalized spacial score (nSPS) is 37.1. The predicted octanol–water partition coefficient (Wildman–Crippen LogP) is -2.25. The van der Waals surface area contributed by atoms with E-state index >= 15 is 0 Å². The Bertz CT molecular complexity index is 1070. The fourth-order valence-electron chi connectivity index (χ4n) is 4.26. The molecule has 2 heterocycles. The van der Waals surface area contributed by atoms with Crippen LogP contribution in [0.5, 0.6) is 0 Å². The SMILES string of the molecule is CC(C)S(=O)(=O)c1csc(C(=O)N[C@H]2[C@@H](O[C@@H]3C[C@](O)(CO)C[C@@H](O)[C@H]3O)O[C@H](CO)[C@@H](O)[C@@H]2O)c1Cl. The van der Waals surface area contributed by atoms with Gasteiger partial charge in [-0.2, -0.15) is 0 Å². The lowest BCUT2D eigenvalue weighted by atomic mass is 9.80. The third kappa shape index (κ3) is 6.13. The summed E-state index contributed by atoms with van der Waals surface area (Å²) in [7, 11) is -3.80. The molecule has 37 heavy (non-hydrogen) atoms. The molecule has 16 heteroatoms. The number of carbonyl (C=O) groups is 1. The summed E-state index contributed by atoms with van der Waals surface area (Å²) in [5, 5.41) is 73.6. The number of carbonyl (C=O) groups excluding carboxylic acids is 1. The Morgan fingerprint density at radius 1 is 1.22 bits per heavy atom. The van der Waals surface area contributed by atoms with Crippen molar-refractivity contribution in [1.29, 1.82) is 0 Å². The fourth-order valence-corrected chi connectivity index (χ4v) is 7.25. The van der Waals surface area contributed by atoms with Crippen molar-refractivity contribution in [3.8, 4) is 0 Å². The quantitative estimate of drug-likeness (QED) is 0.161. The molecule has 2 aliphatic rings. The highest BCUT2D eigenvalue weighted by atomic mass is 35.5. The van der Waals surface area contributed by atoms with E-state index in [0.717, 1.165) is 11.3 Å². The summed E-state index contributed by atoms with van der Waals surface area (Å²) >= 11 is 6.94. The lowest BCUT2D eigenvalue weighted by molar-refractivity contribution is -0.302. The Morgan fingerprint density at radius 3 is 2.43 bits per heavy atom. The van der Waals surface area contributed by atoms with Crippen molar-refractivity contribution < 1.29 is 58.4 Å². The van der Waals surface area contributed by atoms with Gasteiger partial charge in [0.25, 0.3) is 5.91 Å². The third-order valence-electron chi connectivity index (χ3n) is 6.56. The molecular formula is C21H32ClNO12S2. The first-order valence-electron chi connectivity index (χ1n) is 11.5. The van der Waals surface area contributed by atoms with Crippen LogP contribution in [0.1, 0.15) is 36.4 Å². The van der Waals surface area contributed by atoms with E-state index in [4.69, 9.17) is 21.1 Å². The first-order valence-corrected chi connectivity index (χ1v) is 14.3. The van der Waals surface area contributed by atoms with Crippen LogP contribution in [0.15, 0.2) is 10.3 Å². The lowest BCUT2D eigenvalue weighted by Gasteiger charge is -2.46. The van der Waals surface area contributed by atoms with E-state index in [9.17, 15) is 49.0 Å². The van der Waals surface area contributed by atoms with Crippen LogP contribution in [-0.2, 0) is 19.3 Å². The van der Waals surface area contributed by atoms with E-state index in [0.29, 0.717) is 0 Å². The Balaban J connectivity index is 1.88. The third-order valence-corrected chi connectivity index (χ3v) is 10.5. The van der Waals surface area contributed by atoms with Crippen molar-refractivity contribution >= 4 is 38.7 Å². The molecule has 9 atom stereocenters. The smallest absolute Gasteiger partial charge is 0.263 e. The summed E-state index contributed by atoms with van der Waals surface area (Å²) in [5.74, 6) is -0.924. The van der Waals surface area contributed by atoms with Crippen LogP contribution in [0.25, 0.3) is 0 Å². The van der Waals surface area contributed by atoms with Crippen LogP contribution in [-0.4, -0.2) is 123 Å². The van der Waals surface area contributed by atoms with E-state index in [1.54, 1.807) is 0 Å². The van der Waals surface area contributed by atoms with Crippen molar-refractivity contribution in [3.63, 3.8) is 0 Å². The maximum atomic E-state index is 13.1. The fraction of sp³-hybridized carbons (Fsp3) is 0.762. The van der Waals surface area contributed by atoms with Crippen LogP contribution in [0, 0.1) is 0 Å². The summed E-state index contributed by atoms with van der Waals surface area (Å²) < 4.78 is 36.3. The molecule has 0 unspecified atom stereocenters. The zero-order chi connectivity index (χ0) is 27.9. The number of hydrogen-bond donors (Lipinski definition) is 8. The standard InChI is InChI=1S/C21H32ClNO12S2/c1-8(2)37(32,33)12-6-36-18(13(12)22)19(30)23-14-17(29)16(28)11(5-24)35-20(14)34-10-4-21(31,7-25)3-9(26)15(10)27/h6,8-11,14-17,20,24-29,31H,3-5,7H2,1-2H3,(H,23,30)/t9-,10-,11-,14-,15-,16-,17-,20+,21+/m1/s1. The second-order valence-corrected chi connectivity index (χ2v) is 13.3. The molecule has 0 bridgehead atoms. The minimum absolute atomic E-state index is 0.201. The molecule has 3 rings (SSSR count). The number of hydrogen-bond acceptors (Lipinski definition) is 13. The van der Waals surface area contributed by atoms with Crippen molar-refractivity contribution in [2.75, 3.05) is 13.2 Å². The van der Waals surface area contributed by atoms with Gasteiger partial charge in [-0.25, -0.2) is 8.42 Å². The number of aliphatic hydroxyl groups is 7. The van der Waals surface area contributed by atoms with E-state index < -0.39 is 88.8 Å². The number of thiophene rings is 1. The van der Waals surface area contributed by atoms with Gasteiger partial charge in [0.05, 0.1) is 46.2 Å². The van der Waals surface area contributed by atoms with E-state index in [2.05, 4.69) is 5.32 Å². The van der Waals surface area contributed by atoms with E-state index in [-0.39, 0.29) is 27.6 Å². The maximum absolute atomic E-state index is 13.1. The van der Waals surface area contributed by atoms with Gasteiger partial charge in [0, 0.05) is 18.2 Å². The minimum Gasteiger partial charge on any atom is -0.394 e. The van der Waals surface area contributed by atoms with Gasteiger partial charge in [0.2, 0.25) is 0 Å². The Kier molecular flexibility index (Phi) is 9.64. The largest absolute Gasteiger partial charge is 0.394 e. The molecule has 1 saturated carbocycles. The number of nitrogens with one attached hydrogen (secondary N) is 1. The van der Waals surface area contributed by atoms with Crippen molar-refractivity contribution in [3.05, 3.63) is 15.3 Å². The Morgan fingerprint density at radius 2 is 1.86 bits per heavy atom. The van der Waals surface area contributed by atoms with Crippen LogP contribution in [0.4, 0.5) is 0 Å². The van der Waals surface area contributed by atoms with Gasteiger partial charge in [-0.05, 0) is 13.8 Å². The average Bonchev–Trinajstić information content (AvgIpc) is 3.23. The molecular weight excluding hydrogens is 558 g/mol. The highest BCUT2D eigenvalue weighted by Gasteiger charge is 2.50. The number of sulfone groups is 1. The molecule has 1 amide bonds. The molecule has 1 aliphatic carbocycles. The van der Waals surface area contributed by atoms with Gasteiger partial charge in [0.15, 0.2) is 16.1 Å². The summed E-state index contributed by atoms with van der Waals surface area (Å²) in [6.45, 7) is 1.41. The molecule has 1 aromatic rings.